The topological polar surface area (TPSA) is 125 Å². The molecule has 3 atom stereocenters. The summed E-state index contributed by atoms with van der Waals surface area (Å²) in [5, 5.41) is 5.72. The van der Waals surface area contributed by atoms with Crippen molar-refractivity contribution in [3.8, 4) is 5.75 Å². The highest BCUT2D eigenvalue weighted by molar-refractivity contribution is 6.30. The minimum absolute atomic E-state index is 0.00217. The van der Waals surface area contributed by atoms with Crippen molar-refractivity contribution in [2.75, 3.05) is 53.7 Å². The fourth-order valence-electron chi connectivity index (χ4n) is 5.16. The van der Waals surface area contributed by atoms with E-state index in [1.165, 1.54) is 30.2 Å². The van der Waals surface area contributed by atoms with Gasteiger partial charge in [0.15, 0.2) is 6.61 Å². The quantitative estimate of drug-likeness (QED) is 0.212. The summed E-state index contributed by atoms with van der Waals surface area (Å²) in [7, 11) is 2.81. The number of alkyl carbamates (subject to hydrolysis) is 1. The molecule has 3 rings (SSSR count). The van der Waals surface area contributed by atoms with Crippen molar-refractivity contribution in [1.82, 2.24) is 15.5 Å². The maximum Gasteiger partial charge on any atom is 0.422 e. The molecule has 49 heavy (non-hydrogen) atoms. The second kappa shape index (κ2) is 18.3. The summed E-state index contributed by atoms with van der Waals surface area (Å²) < 4.78 is 66.4. The number of likely N-dealkylation sites (N-methyl/N-ethyl adjacent to an activating group) is 1. The number of carbonyl (C=O) groups is 3. The second-order valence-corrected chi connectivity index (χ2v) is 13.1. The molecule has 2 N–H and O–H groups in total. The largest absolute Gasteiger partial charge is 0.484 e. The van der Waals surface area contributed by atoms with E-state index in [0.29, 0.717) is 35.8 Å². The Labute approximate surface area is 289 Å². The van der Waals surface area contributed by atoms with Crippen LogP contribution in [0.1, 0.15) is 67.6 Å². The van der Waals surface area contributed by atoms with E-state index in [2.05, 4.69) is 15.4 Å². The van der Waals surface area contributed by atoms with Gasteiger partial charge in [-0.2, -0.15) is 13.2 Å². The summed E-state index contributed by atoms with van der Waals surface area (Å²) in [5.74, 6) is -0.682. The molecule has 1 saturated heterocycles. The zero-order valence-electron chi connectivity index (χ0n) is 28.4. The first-order valence-corrected chi connectivity index (χ1v) is 16.3. The third-order valence-electron chi connectivity index (χ3n) is 7.48. The molecule has 0 aromatic heterocycles. The van der Waals surface area contributed by atoms with Crippen molar-refractivity contribution in [3.05, 3.63) is 64.2 Å². The molecule has 1 heterocycles. The minimum atomic E-state index is -4.64. The Hall–Kier alpha value is -3.75. The summed E-state index contributed by atoms with van der Waals surface area (Å²) in [6.07, 6.45) is -4.48. The van der Waals surface area contributed by atoms with Crippen LogP contribution in [-0.2, 0) is 18.9 Å². The Morgan fingerprint density at radius 2 is 1.84 bits per heavy atom. The van der Waals surface area contributed by atoms with E-state index in [1.807, 2.05) is 0 Å². The van der Waals surface area contributed by atoms with Gasteiger partial charge in [0.05, 0.1) is 19.8 Å². The van der Waals surface area contributed by atoms with Crippen LogP contribution in [0.25, 0.3) is 0 Å². The molecular weight excluding hydrogens is 671 g/mol. The third kappa shape index (κ3) is 13.9. The second-order valence-electron chi connectivity index (χ2n) is 12.7. The minimum Gasteiger partial charge on any atom is -0.484 e. The van der Waals surface area contributed by atoms with Crippen LogP contribution in [0.5, 0.6) is 5.75 Å². The van der Waals surface area contributed by atoms with Crippen molar-refractivity contribution in [3.63, 3.8) is 0 Å². The summed E-state index contributed by atoms with van der Waals surface area (Å²) in [6, 6.07) is 10.2. The lowest BCUT2D eigenvalue weighted by molar-refractivity contribution is -0.153. The van der Waals surface area contributed by atoms with Gasteiger partial charge in [0.1, 0.15) is 17.5 Å². The molecule has 11 nitrogen and oxygen atoms in total. The number of methoxy groups -OCH3 is 1. The molecule has 1 aliphatic rings. The summed E-state index contributed by atoms with van der Waals surface area (Å²) in [4.78, 5) is 39.6. The molecule has 2 aromatic rings. The standard InChI is InChI=1S/C34H45ClF3N3O8/c1-33(2,3)49-32(44)41(4)27(14-22-8-7-12-46-20-22)19-40-30(42)25-15-24(17-28(18-25)48-21-34(36,37)38)29(23-9-6-10-26(35)16-23)47-13-11-39-31(43)45-5/h6,9-10,15-18,22,27,29H,7-8,11-14,19-21H2,1-5H3,(H,39,43)(H,40,42)/t22-,27+,29?/m1/s1. The molecule has 0 aliphatic carbocycles. The van der Waals surface area contributed by atoms with Gasteiger partial charge in [-0.05, 0) is 87.4 Å². The van der Waals surface area contributed by atoms with E-state index in [4.69, 9.17) is 30.5 Å². The molecule has 1 unspecified atom stereocenters. The average Bonchev–Trinajstić information content (AvgIpc) is 3.04. The van der Waals surface area contributed by atoms with Crippen molar-refractivity contribution in [1.29, 1.82) is 0 Å². The van der Waals surface area contributed by atoms with Gasteiger partial charge in [0.25, 0.3) is 5.91 Å². The van der Waals surface area contributed by atoms with Crippen LogP contribution in [0.3, 0.4) is 0 Å². The first-order valence-electron chi connectivity index (χ1n) is 15.9. The Bertz CT molecular complexity index is 1400. The van der Waals surface area contributed by atoms with Crippen molar-refractivity contribution in [2.24, 2.45) is 5.92 Å². The lowest BCUT2D eigenvalue weighted by atomic mass is 9.93. The Morgan fingerprint density at radius 1 is 1.08 bits per heavy atom. The molecule has 0 radical (unpaired) electrons. The molecule has 0 spiro atoms. The van der Waals surface area contributed by atoms with E-state index in [-0.39, 0.29) is 36.9 Å². The smallest absolute Gasteiger partial charge is 0.422 e. The Morgan fingerprint density at radius 3 is 2.47 bits per heavy atom. The van der Waals surface area contributed by atoms with Crippen LogP contribution < -0.4 is 15.4 Å². The summed E-state index contributed by atoms with van der Waals surface area (Å²) in [6.45, 7) is 4.93. The van der Waals surface area contributed by atoms with Crippen molar-refractivity contribution >= 4 is 29.7 Å². The zero-order valence-corrected chi connectivity index (χ0v) is 29.1. The summed E-state index contributed by atoms with van der Waals surface area (Å²) >= 11 is 6.25. The highest BCUT2D eigenvalue weighted by Crippen LogP contribution is 2.32. The van der Waals surface area contributed by atoms with Gasteiger partial charge in [0, 0.05) is 43.9 Å². The lowest BCUT2D eigenvalue weighted by Gasteiger charge is -2.34. The number of rotatable bonds is 14. The van der Waals surface area contributed by atoms with Crippen LogP contribution >= 0.6 is 11.6 Å². The number of amides is 3. The van der Waals surface area contributed by atoms with E-state index in [9.17, 15) is 27.6 Å². The van der Waals surface area contributed by atoms with Gasteiger partial charge in [-0.1, -0.05) is 23.7 Å². The first-order chi connectivity index (χ1) is 23.0. The van der Waals surface area contributed by atoms with Gasteiger partial charge < -0.3 is 39.2 Å². The van der Waals surface area contributed by atoms with Crippen LogP contribution in [-0.4, -0.2) is 94.5 Å². The van der Waals surface area contributed by atoms with Crippen LogP contribution in [0.4, 0.5) is 22.8 Å². The molecule has 0 bridgehead atoms. The number of ether oxygens (including phenoxy) is 5. The normalized spacial score (nSPS) is 16.2. The molecule has 1 aliphatic heterocycles. The molecule has 3 amide bonds. The Balaban J connectivity index is 1.92. The van der Waals surface area contributed by atoms with Crippen LogP contribution in [0.2, 0.25) is 5.02 Å². The molecule has 0 saturated carbocycles. The molecule has 1 fully saturated rings. The molecule has 15 heteroatoms. The number of carbonyl (C=O) groups excluding carboxylic acids is 3. The van der Waals surface area contributed by atoms with Crippen LogP contribution in [0.15, 0.2) is 42.5 Å². The zero-order chi connectivity index (χ0) is 36.2. The molecular formula is C34H45ClF3N3O8. The van der Waals surface area contributed by atoms with Gasteiger partial charge in [-0.25, -0.2) is 9.59 Å². The highest BCUT2D eigenvalue weighted by atomic mass is 35.5. The Kier molecular flexibility index (Phi) is 14.8. The number of nitrogens with zero attached hydrogens (tertiary/aromatic N) is 1. The predicted molar refractivity (Wildman–Crippen MR) is 176 cm³/mol. The number of halogens is 4. The van der Waals surface area contributed by atoms with E-state index < -0.39 is 48.6 Å². The van der Waals surface area contributed by atoms with E-state index in [0.717, 1.165) is 12.8 Å². The number of nitrogens with one attached hydrogen (secondary N) is 2. The van der Waals surface area contributed by atoms with Gasteiger partial charge >= 0.3 is 18.4 Å². The summed E-state index contributed by atoms with van der Waals surface area (Å²) in [5.41, 5.74) is 0.0976. The van der Waals surface area contributed by atoms with Gasteiger partial charge in [0.2, 0.25) is 0 Å². The van der Waals surface area contributed by atoms with Crippen molar-refractivity contribution < 1.29 is 51.2 Å². The number of hydrogen-bond donors (Lipinski definition) is 2. The predicted octanol–water partition coefficient (Wildman–Crippen LogP) is 6.53. The van der Waals surface area contributed by atoms with E-state index >= 15 is 0 Å². The monoisotopic (exact) mass is 715 g/mol. The maximum atomic E-state index is 13.7. The highest BCUT2D eigenvalue weighted by Gasteiger charge is 2.31. The fourth-order valence-corrected chi connectivity index (χ4v) is 5.36. The van der Waals surface area contributed by atoms with Gasteiger partial charge in [-0.3, -0.25) is 4.79 Å². The van der Waals surface area contributed by atoms with Crippen molar-refractivity contribution in [2.45, 2.75) is 64.0 Å². The SMILES string of the molecule is COC(=O)NCCOC(c1cccc(Cl)c1)c1cc(OCC(F)(F)F)cc(C(=O)NC[C@H](C[C@H]2CCCOC2)N(C)C(=O)OC(C)(C)C)c1. The maximum absolute atomic E-state index is 13.7. The fraction of sp³-hybridized carbons (Fsp3) is 0.559. The number of hydrogen-bond acceptors (Lipinski definition) is 8. The van der Waals surface area contributed by atoms with Crippen LogP contribution in [0, 0.1) is 5.92 Å². The number of alkyl halides is 3. The first kappa shape index (κ1) is 39.7. The number of benzene rings is 2. The molecule has 272 valence electrons. The average molecular weight is 716 g/mol. The lowest BCUT2D eigenvalue weighted by Crippen LogP contribution is -2.48. The van der Waals surface area contributed by atoms with E-state index in [1.54, 1.807) is 52.1 Å². The third-order valence-corrected chi connectivity index (χ3v) is 7.71. The molecule has 2 aromatic carbocycles. The van der Waals surface area contributed by atoms with Gasteiger partial charge in [-0.15, -0.1) is 0 Å².